The fourth-order valence-corrected chi connectivity index (χ4v) is 1.17. The quantitative estimate of drug-likeness (QED) is 0.293. The van der Waals surface area contributed by atoms with Crippen LogP contribution in [0.2, 0.25) is 0 Å². The first-order valence-corrected chi connectivity index (χ1v) is 5.88. The molecule has 0 fully saturated rings. The first-order chi connectivity index (χ1) is 8.80. The Labute approximate surface area is 106 Å². The average Bonchev–Trinajstić information content (AvgIpc) is 2.40. The number of nitrogens with two attached hydrogens (primary N) is 3. The lowest BCUT2D eigenvalue weighted by molar-refractivity contribution is 0.929. The van der Waals surface area contributed by atoms with Gasteiger partial charge in [0.25, 0.3) is 0 Å². The summed E-state index contributed by atoms with van der Waals surface area (Å²) < 4.78 is 0. The molecule has 9 nitrogen and oxygen atoms in total. The molecule has 0 saturated heterocycles. The van der Waals surface area contributed by atoms with E-state index >= 15 is 0 Å². The van der Waals surface area contributed by atoms with Crippen LogP contribution in [0.15, 0.2) is 0 Å². The third-order valence-corrected chi connectivity index (χ3v) is 1.92. The highest BCUT2D eigenvalue weighted by atomic mass is 15.3. The second kappa shape index (κ2) is 8.39. The molecule has 0 aliphatic carbocycles. The van der Waals surface area contributed by atoms with Gasteiger partial charge in [0.05, 0.1) is 0 Å². The van der Waals surface area contributed by atoms with E-state index in [2.05, 4.69) is 30.9 Å². The van der Waals surface area contributed by atoms with Crippen LogP contribution in [0.1, 0.15) is 0 Å². The predicted octanol–water partition coefficient (Wildman–Crippen LogP) is -2.02. The molecular weight excluding hydrogens is 234 g/mol. The average molecular weight is 255 g/mol. The molecule has 9 heteroatoms. The van der Waals surface area contributed by atoms with Crippen LogP contribution in [0.5, 0.6) is 0 Å². The van der Waals surface area contributed by atoms with Crippen LogP contribution in [-0.4, -0.2) is 54.2 Å². The van der Waals surface area contributed by atoms with Gasteiger partial charge in [-0.1, -0.05) is 0 Å². The number of hydrogen-bond acceptors (Lipinski definition) is 9. The molecule has 0 amide bonds. The number of nitrogens with one attached hydrogen (secondary N) is 3. The third-order valence-electron chi connectivity index (χ3n) is 1.92. The van der Waals surface area contributed by atoms with Crippen molar-refractivity contribution in [2.24, 2.45) is 17.2 Å². The molecule has 0 atom stereocenters. The molecule has 18 heavy (non-hydrogen) atoms. The molecule has 0 spiro atoms. The summed E-state index contributed by atoms with van der Waals surface area (Å²) in [6.07, 6.45) is 0. The van der Waals surface area contributed by atoms with Crippen LogP contribution in [0, 0.1) is 0 Å². The van der Waals surface area contributed by atoms with Crippen molar-refractivity contribution < 1.29 is 0 Å². The maximum Gasteiger partial charge on any atom is 0.229 e. The highest BCUT2D eigenvalue weighted by Gasteiger charge is 2.05. The zero-order valence-electron chi connectivity index (χ0n) is 10.3. The Bertz CT molecular complexity index is 278. The van der Waals surface area contributed by atoms with E-state index in [-0.39, 0.29) is 0 Å². The minimum atomic E-state index is 0.467. The number of nitrogens with zero attached hydrogens (tertiary/aromatic N) is 3. The molecule has 0 bridgehead atoms. The Kier molecular flexibility index (Phi) is 6.69. The van der Waals surface area contributed by atoms with Gasteiger partial charge in [-0.2, -0.15) is 15.0 Å². The molecule has 1 heterocycles. The summed E-state index contributed by atoms with van der Waals surface area (Å²) >= 11 is 0. The summed E-state index contributed by atoms with van der Waals surface area (Å²) in [6, 6.07) is 0. The summed E-state index contributed by atoms with van der Waals surface area (Å²) in [5, 5.41) is 8.99. The predicted molar refractivity (Wildman–Crippen MR) is 72.5 cm³/mol. The third kappa shape index (κ3) is 5.08. The maximum atomic E-state index is 5.41. The fourth-order valence-electron chi connectivity index (χ4n) is 1.17. The van der Waals surface area contributed by atoms with Crippen molar-refractivity contribution in [1.82, 2.24) is 15.0 Å². The first-order valence-electron chi connectivity index (χ1n) is 5.88. The molecule has 1 aromatic rings. The molecule has 9 N–H and O–H groups in total. The summed E-state index contributed by atoms with van der Waals surface area (Å²) in [5.41, 5.74) is 16.2. The van der Waals surface area contributed by atoms with E-state index in [9.17, 15) is 0 Å². The van der Waals surface area contributed by atoms with Gasteiger partial charge in [-0.3, -0.25) is 0 Å². The molecule has 1 rings (SSSR count). The van der Waals surface area contributed by atoms with Crippen molar-refractivity contribution >= 4 is 17.8 Å². The van der Waals surface area contributed by atoms with Crippen molar-refractivity contribution in [2.75, 3.05) is 55.2 Å². The first kappa shape index (κ1) is 14.4. The van der Waals surface area contributed by atoms with Gasteiger partial charge in [0.15, 0.2) is 0 Å². The van der Waals surface area contributed by atoms with Gasteiger partial charge in [-0.25, -0.2) is 0 Å². The van der Waals surface area contributed by atoms with Crippen LogP contribution in [0.4, 0.5) is 17.8 Å². The normalized spacial score (nSPS) is 10.2. The zero-order valence-corrected chi connectivity index (χ0v) is 10.3. The van der Waals surface area contributed by atoms with E-state index in [0.717, 1.165) is 0 Å². The van der Waals surface area contributed by atoms with Crippen molar-refractivity contribution in [3.8, 4) is 0 Å². The van der Waals surface area contributed by atoms with Crippen LogP contribution in [0.3, 0.4) is 0 Å². The standard InChI is InChI=1S/C9H21N9/c10-1-4-13-7-16-8(14-5-2-11)18-9(17-7)15-6-3-12/h1-6,10-12H2,(H3,13,14,15,16,17,18). The van der Waals surface area contributed by atoms with Crippen molar-refractivity contribution in [3.05, 3.63) is 0 Å². The van der Waals surface area contributed by atoms with Gasteiger partial charge in [-0.05, 0) is 0 Å². The summed E-state index contributed by atoms with van der Waals surface area (Å²) in [7, 11) is 0. The highest BCUT2D eigenvalue weighted by molar-refractivity contribution is 5.42. The number of rotatable bonds is 9. The van der Waals surface area contributed by atoms with Crippen molar-refractivity contribution in [3.63, 3.8) is 0 Å². The minimum Gasteiger partial charge on any atom is -0.353 e. The summed E-state index contributed by atoms with van der Waals surface area (Å²) in [4.78, 5) is 12.6. The van der Waals surface area contributed by atoms with Gasteiger partial charge in [0, 0.05) is 39.3 Å². The molecule has 0 radical (unpaired) electrons. The summed E-state index contributed by atoms with van der Waals surface area (Å²) in [6.45, 7) is 3.29. The second-order valence-corrected chi connectivity index (χ2v) is 3.45. The van der Waals surface area contributed by atoms with Crippen LogP contribution in [-0.2, 0) is 0 Å². The fraction of sp³-hybridized carbons (Fsp3) is 0.667. The van der Waals surface area contributed by atoms with E-state index in [1.807, 2.05) is 0 Å². The van der Waals surface area contributed by atoms with Gasteiger partial charge in [0.2, 0.25) is 17.8 Å². The van der Waals surface area contributed by atoms with Crippen molar-refractivity contribution in [2.45, 2.75) is 0 Å². The van der Waals surface area contributed by atoms with E-state index in [0.29, 0.717) is 57.1 Å². The lowest BCUT2D eigenvalue weighted by atomic mass is 10.6. The van der Waals surface area contributed by atoms with Gasteiger partial charge in [-0.15, -0.1) is 0 Å². The Balaban J connectivity index is 2.74. The topological polar surface area (TPSA) is 153 Å². The number of hydrogen-bond donors (Lipinski definition) is 6. The monoisotopic (exact) mass is 255 g/mol. The van der Waals surface area contributed by atoms with Crippen LogP contribution in [0.25, 0.3) is 0 Å². The smallest absolute Gasteiger partial charge is 0.229 e. The van der Waals surface area contributed by atoms with Crippen LogP contribution < -0.4 is 33.2 Å². The largest absolute Gasteiger partial charge is 0.353 e. The van der Waals surface area contributed by atoms with E-state index in [1.54, 1.807) is 0 Å². The Hall–Kier alpha value is -1.71. The molecule has 0 aromatic carbocycles. The van der Waals surface area contributed by atoms with Crippen LogP contribution >= 0.6 is 0 Å². The molecule has 0 saturated carbocycles. The number of anilines is 3. The molecule has 102 valence electrons. The number of aromatic nitrogens is 3. The Morgan fingerprint density at radius 1 is 0.611 bits per heavy atom. The molecule has 0 aliphatic rings. The summed E-state index contributed by atoms with van der Waals surface area (Å²) in [5.74, 6) is 1.40. The SMILES string of the molecule is NCCNc1nc(NCCN)nc(NCCN)n1. The van der Waals surface area contributed by atoms with Gasteiger partial charge < -0.3 is 33.2 Å². The molecule has 0 unspecified atom stereocenters. The van der Waals surface area contributed by atoms with Gasteiger partial charge in [0.1, 0.15) is 0 Å². The van der Waals surface area contributed by atoms with Gasteiger partial charge >= 0.3 is 0 Å². The zero-order chi connectivity index (χ0) is 13.2. The van der Waals surface area contributed by atoms with Crippen molar-refractivity contribution in [1.29, 1.82) is 0 Å². The lowest BCUT2D eigenvalue weighted by Gasteiger charge is -2.10. The minimum absolute atomic E-state index is 0.467. The Morgan fingerprint density at radius 2 is 0.889 bits per heavy atom. The van der Waals surface area contributed by atoms with E-state index < -0.39 is 0 Å². The molecule has 1 aromatic heterocycles. The maximum absolute atomic E-state index is 5.41. The molecule has 0 aliphatic heterocycles. The highest BCUT2D eigenvalue weighted by Crippen LogP contribution is 2.08. The van der Waals surface area contributed by atoms with E-state index in [1.165, 1.54) is 0 Å². The second-order valence-electron chi connectivity index (χ2n) is 3.45. The van der Waals surface area contributed by atoms with E-state index in [4.69, 9.17) is 17.2 Å². The lowest BCUT2D eigenvalue weighted by Crippen LogP contribution is -2.20. The Morgan fingerprint density at radius 3 is 1.11 bits per heavy atom. The molecular formula is C9H21N9.